The standard InChI is InChI=1S/C17H18O4S/c1-3-11-9-12(22)7-8-15(11)21-10-14-13(17(18)19)5-4-6-16(14)20-2/h4-9,22H,3,10H2,1-2H3,(H,18,19). The van der Waals surface area contributed by atoms with Crippen LogP contribution in [0.5, 0.6) is 11.5 Å². The van der Waals surface area contributed by atoms with Crippen molar-refractivity contribution in [1.82, 2.24) is 0 Å². The van der Waals surface area contributed by atoms with E-state index >= 15 is 0 Å². The van der Waals surface area contributed by atoms with Gasteiger partial charge in [-0.1, -0.05) is 13.0 Å². The molecule has 0 saturated carbocycles. The van der Waals surface area contributed by atoms with E-state index in [1.54, 1.807) is 18.2 Å². The van der Waals surface area contributed by atoms with Gasteiger partial charge in [0.25, 0.3) is 0 Å². The zero-order valence-electron chi connectivity index (χ0n) is 12.5. The van der Waals surface area contributed by atoms with E-state index in [1.165, 1.54) is 7.11 Å². The van der Waals surface area contributed by atoms with Gasteiger partial charge >= 0.3 is 5.97 Å². The van der Waals surface area contributed by atoms with Crippen molar-refractivity contribution in [2.45, 2.75) is 24.8 Å². The van der Waals surface area contributed by atoms with Crippen LogP contribution in [0.1, 0.15) is 28.4 Å². The van der Waals surface area contributed by atoms with Crippen LogP contribution >= 0.6 is 12.6 Å². The maximum atomic E-state index is 11.3. The molecule has 2 rings (SSSR count). The normalized spacial score (nSPS) is 10.3. The van der Waals surface area contributed by atoms with Crippen molar-refractivity contribution >= 4 is 18.6 Å². The summed E-state index contributed by atoms with van der Waals surface area (Å²) in [6, 6.07) is 10.6. The average Bonchev–Trinajstić information content (AvgIpc) is 2.52. The first-order chi connectivity index (χ1) is 10.6. The van der Waals surface area contributed by atoms with Crippen molar-refractivity contribution in [3.05, 3.63) is 53.1 Å². The molecule has 0 fully saturated rings. The molecule has 0 spiro atoms. The Bertz CT molecular complexity index is 682. The number of aryl methyl sites for hydroxylation is 1. The Hall–Kier alpha value is -2.14. The van der Waals surface area contributed by atoms with Crippen molar-refractivity contribution in [1.29, 1.82) is 0 Å². The lowest BCUT2D eigenvalue weighted by Crippen LogP contribution is -2.08. The molecule has 0 aliphatic carbocycles. The highest BCUT2D eigenvalue weighted by atomic mass is 32.1. The molecule has 0 aromatic heterocycles. The van der Waals surface area contributed by atoms with Gasteiger partial charge < -0.3 is 14.6 Å². The van der Waals surface area contributed by atoms with Gasteiger partial charge in [0, 0.05) is 10.5 Å². The van der Waals surface area contributed by atoms with Gasteiger partial charge in [0.05, 0.1) is 12.7 Å². The van der Waals surface area contributed by atoms with Gasteiger partial charge in [-0.2, -0.15) is 0 Å². The molecule has 2 aromatic carbocycles. The molecule has 5 heteroatoms. The number of rotatable bonds is 6. The van der Waals surface area contributed by atoms with Gasteiger partial charge in [-0.3, -0.25) is 0 Å². The number of hydrogen-bond donors (Lipinski definition) is 2. The van der Waals surface area contributed by atoms with Gasteiger partial charge in [0.15, 0.2) is 0 Å². The molecule has 0 aliphatic rings. The molecule has 0 saturated heterocycles. The molecule has 0 heterocycles. The van der Waals surface area contributed by atoms with E-state index in [4.69, 9.17) is 9.47 Å². The second kappa shape index (κ2) is 7.22. The highest BCUT2D eigenvalue weighted by Gasteiger charge is 2.15. The molecule has 0 radical (unpaired) electrons. The largest absolute Gasteiger partial charge is 0.496 e. The molecule has 22 heavy (non-hydrogen) atoms. The van der Waals surface area contributed by atoms with Crippen LogP contribution in [0.15, 0.2) is 41.3 Å². The van der Waals surface area contributed by atoms with E-state index < -0.39 is 5.97 Å². The van der Waals surface area contributed by atoms with E-state index in [9.17, 15) is 9.90 Å². The zero-order chi connectivity index (χ0) is 16.1. The van der Waals surface area contributed by atoms with Crippen molar-refractivity contribution in [2.24, 2.45) is 0 Å². The number of carboxylic acid groups (broad SMARTS) is 1. The van der Waals surface area contributed by atoms with Crippen LogP contribution in [0.25, 0.3) is 0 Å². The fourth-order valence-electron chi connectivity index (χ4n) is 2.24. The number of benzene rings is 2. The van der Waals surface area contributed by atoms with Crippen LogP contribution in [0.3, 0.4) is 0 Å². The lowest BCUT2D eigenvalue weighted by molar-refractivity contribution is 0.0693. The number of ether oxygens (including phenoxy) is 2. The molecule has 0 amide bonds. The molecule has 0 unspecified atom stereocenters. The average molecular weight is 318 g/mol. The number of hydrogen-bond acceptors (Lipinski definition) is 4. The van der Waals surface area contributed by atoms with Gasteiger partial charge in [0.2, 0.25) is 0 Å². The van der Waals surface area contributed by atoms with Crippen molar-refractivity contribution < 1.29 is 19.4 Å². The maximum Gasteiger partial charge on any atom is 0.336 e. The molecule has 4 nitrogen and oxygen atoms in total. The van der Waals surface area contributed by atoms with Crippen molar-refractivity contribution in [3.63, 3.8) is 0 Å². The highest BCUT2D eigenvalue weighted by molar-refractivity contribution is 7.80. The van der Waals surface area contributed by atoms with E-state index in [0.29, 0.717) is 11.3 Å². The van der Waals surface area contributed by atoms with Crippen molar-refractivity contribution in [2.75, 3.05) is 7.11 Å². The second-order valence-electron chi connectivity index (χ2n) is 4.73. The summed E-state index contributed by atoms with van der Waals surface area (Å²) in [7, 11) is 1.51. The second-order valence-corrected chi connectivity index (χ2v) is 5.24. The Morgan fingerprint density at radius 3 is 2.64 bits per heavy atom. The Morgan fingerprint density at radius 1 is 1.23 bits per heavy atom. The Morgan fingerprint density at radius 2 is 2.00 bits per heavy atom. The number of thiol groups is 1. The smallest absolute Gasteiger partial charge is 0.336 e. The summed E-state index contributed by atoms with van der Waals surface area (Å²) >= 11 is 4.31. The number of carboxylic acids is 1. The zero-order valence-corrected chi connectivity index (χ0v) is 13.4. The van der Waals surface area contributed by atoms with Crippen LogP contribution in [0.4, 0.5) is 0 Å². The minimum Gasteiger partial charge on any atom is -0.496 e. The number of aromatic carboxylic acids is 1. The topological polar surface area (TPSA) is 55.8 Å². The number of carbonyl (C=O) groups is 1. The molecule has 0 atom stereocenters. The first kappa shape index (κ1) is 16.2. The summed E-state index contributed by atoms with van der Waals surface area (Å²) in [5.41, 5.74) is 1.73. The van der Waals surface area contributed by atoms with Crippen LogP contribution in [-0.4, -0.2) is 18.2 Å². The van der Waals surface area contributed by atoms with Gasteiger partial charge in [0.1, 0.15) is 18.1 Å². The lowest BCUT2D eigenvalue weighted by Gasteiger charge is -2.15. The van der Waals surface area contributed by atoms with Crippen LogP contribution in [-0.2, 0) is 13.0 Å². The molecule has 1 N–H and O–H groups in total. The third kappa shape index (κ3) is 3.54. The third-order valence-electron chi connectivity index (χ3n) is 3.38. The Labute approximate surface area is 135 Å². The molecule has 116 valence electrons. The van der Waals surface area contributed by atoms with E-state index in [2.05, 4.69) is 12.6 Å². The van der Waals surface area contributed by atoms with E-state index in [1.807, 2.05) is 25.1 Å². The Kier molecular flexibility index (Phi) is 5.33. The minimum absolute atomic E-state index is 0.130. The summed E-state index contributed by atoms with van der Waals surface area (Å²) in [4.78, 5) is 12.2. The monoisotopic (exact) mass is 318 g/mol. The molecular weight excluding hydrogens is 300 g/mol. The Balaban J connectivity index is 2.30. The maximum absolute atomic E-state index is 11.3. The predicted octanol–water partition coefficient (Wildman–Crippen LogP) is 3.82. The third-order valence-corrected chi connectivity index (χ3v) is 3.66. The van der Waals surface area contributed by atoms with Gasteiger partial charge in [-0.25, -0.2) is 4.79 Å². The van der Waals surface area contributed by atoms with E-state index in [-0.39, 0.29) is 12.2 Å². The molecule has 0 bridgehead atoms. The SMILES string of the molecule is CCc1cc(S)ccc1OCc1c(OC)cccc1C(=O)O. The van der Waals surface area contributed by atoms with Crippen LogP contribution in [0, 0.1) is 0 Å². The fourth-order valence-corrected chi connectivity index (χ4v) is 2.47. The van der Waals surface area contributed by atoms with Gasteiger partial charge in [-0.15, -0.1) is 12.6 Å². The lowest BCUT2D eigenvalue weighted by atomic mass is 10.1. The first-order valence-corrected chi connectivity index (χ1v) is 7.35. The minimum atomic E-state index is -1.00. The molecular formula is C17H18O4S. The highest BCUT2D eigenvalue weighted by Crippen LogP contribution is 2.27. The molecule has 2 aromatic rings. The quantitative estimate of drug-likeness (QED) is 0.795. The fraction of sp³-hybridized carbons (Fsp3) is 0.235. The molecule has 0 aliphatic heterocycles. The summed E-state index contributed by atoms with van der Waals surface area (Å²) < 4.78 is 11.1. The predicted molar refractivity (Wildman–Crippen MR) is 87.4 cm³/mol. The van der Waals surface area contributed by atoms with Crippen molar-refractivity contribution in [3.8, 4) is 11.5 Å². The van der Waals surface area contributed by atoms with Crippen LogP contribution in [0.2, 0.25) is 0 Å². The van der Waals surface area contributed by atoms with E-state index in [0.717, 1.165) is 22.6 Å². The summed E-state index contributed by atoms with van der Waals surface area (Å²) in [6.07, 6.45) is 0.807. The van der Waals surface area contributed by atoms with Gasteiger partial charge in [-0.05, 0) is 42.3 Å². The first-order valence-electron chi connectivity index (χ1n) is 6.90. The summed E-state index contributed by atoms with van der Waals surface area (Å²) in [5.74, 6) is 0.227. The number of methoxy groups -OCH3 is 1. The summed E-state index contributed by atoms with van der Waals surface area (Å²) in [6.45, 7) is 2.16. The van der Waals surface area contributed by atoms with Crippen LogP contribution < -0.4 is 9.47 Å². The summed E-state index contributed by atoms with van der Waals surface area (Å²) in [5, 5.41) is 9.30.